The van der Waals surface area contributed by atoms with Gasteiger partial charge in [0.15, 0.2) is 0 Å². The average molecular weight is 901 g/mol. The summed E-state index contributed by atoms with van der Waals surface area (Å²) >= 11 is 0. The van der Waals surface area contributed by atoms with Crippen molar-refractivity contribution in [3.63, 3.8) is 0 Å². The van der Waals surface area contributed by atoms with Crippen LogP contribution in [-0.2, 0) is 10.8 Å². The number of rotatable bonds is 6. The number of para-hydroxylation sites is 5. The van der Waals surface area contributed by atoms with Crippen LogP contribution >= 0.6 is 0 Å². The maximum Gasteiger partial charge on any atom is 0.210 e. The van der Waals surface area contributed by atoms with Gasteiger partial charge in [-0.15, -0.1) is 0 Å². The molecule has 0 unspecified atom stereocenters. The van der Waals surface area contributed by atoms with Gasteiger partial charge in [-0.1, -0.05) is 133 Å². The summed E-state index contributed by atoms with van der Waals surface area (Å²) in [4.78, 5) is 8.59. The van der Waals surface area contributed by atoms with Crippen LogP contribution < -0.4 is 9.80 Å². The van der Waals surface area contributed by atoms with Crippen LogP contribution in [-0.4, -0.2) is 8.80 Å². The van der Waals surface area contributed by atoms with Crippen molar-refractivity contribution in [1.29, 1.82) is 5.26 Å². The quantitative estimate of drug-likeness (QED) is 0.156. The Morgan fingerprint density at radius 3 is 1.34 bits per heavy atom. The average Bonchev–Trinajstić information content (AvgIpc) is 4.10. The molecule has 6 heteroatoms. The zero-order chi connectivity index (χ0) is 47.8. The molecule has 4 aromatic heterocycles. The van der Waals surface area contributed by atoms with E-state index >= 15 is 0 Å². The van der Waals surface area contributed by atoms with E-state index in [-0.39, 0.29) is 10.8 Å². The minimum atomic E-state index is -0.0780. The van der Waals surface area contributed by atoms with E-state index < -0.39 is 0 Å². The highest BCUT2D eigenvalue weighted by atomic mass is 15.2. The number of nitriles is 1. The first-order valence-corrected chi connectivity index (χ1v) is 24.0. The molecule has 0 fully saturated rings. The van der Waals surface area contributed by atoms with Gasteiger partial charge in [-0.05, 0) is 113 Å². The minimum absolute atomic E-state index is 0.0761. The molecule has 0 saturated heterocycles. The van der Waals surface area contributed by atoms with E-state index in [1.807, 2.05) is 48.5 Å². The molecule has 0 saturated carbocycles. The predicted octanol–water partition coefficient (Wildman–Crippen LogP) is 17.9. The maximum absolute atomic E-state index is 10.5. The van der Waals surface area contributed by atoms with Gasteiger partial charge in [-0.3, -0.25) is 0 Å². The first-order chi connectivity index (χ1) is 33.9. The molecule has 6 nitrogen and oxygen atoms in total. The third-order valence-electron chi connectivity index (χ3n) is 14.7. The second-order valence-electron chi connectivity index (χ2n) is 20.8. The molecule has 13 aromatic rings. The Balaban J connectivity index is 1.17. The van der Waals surface area contributed by atoms with Crippen LogP contribution in [0.15, 0.2) is 182 Å². The number of anilines is 6. The summed E-state index contributed by atoms with van der Waals surface area (Å²) in [6, 6.07) is 67.3. The Morgan fingerprint density at radius 2 is 0.871 bits per heavy atom. The molecule has 0 atom stereocenters. The lowest BCUT2D eigenvalue weighted by molar-refractivity contribution is 0.591. The number of hydrogen-bond donors (Lipinski definition) is 0. The standard InChI is InChI=1S/C64H48N6/c1-63(2,3)40-26-30-52-48(34-40)59-55(67(42-19-10-8-11-20-42)51-24-16-14-18-39(51)38-65)32-28-44-46-36-58-47(37-57(46)69(52)61(44)59)45-29-33-56(60-49-35-41(64(4,5)6)27-31-53(49)70(58)62(45)60)68(43-21-12-9-13-22-43)54-25-17-15-23-50(54)66-7/h8-37H,1-6H3. The summed E-state index contributed by atoms with van der Waals surface area (Å²) in [5, 5.41) is 19.9. The molecule has 0 N–H and O–H groups in total. The fraction of sp³-hybridized carbons (Fsp3) is 0.125. The highest BCUT2D eigenvalue weighted by Crippen LogP contribution is 2.53. The van der Waals surface area contributed by atoms with Crippen molar-refractivity contribution >= 4 is 116 Å². The van der Waals surface area contributed by atoms with Crippen LogP contribution in [0.1, 0.15) is 58.2 Å². The molecule has 0 amide bonds. The summed E-state index contributed by atoms with van der Waals surface area (Å²) in [5.74, 6) is 0. The van der Waals surface area contributed by atoms with Crippen molar-refractivity contribution in [2.24, 2.45) is 0 Å². The van der Waals surface area contributed by atoms with Gasteiger partial charge in [0.1, 0.15) is 6.07 Å². The molecule has 9 aromatic carbocycles. The molecule has 0 aliphatic carbocycles. The van der Waals surface area contributed by atoms with Gasteiger partial charge in [0.2, 0.25) is 5.69 Å². The Kier molecular flexibility index (Phi) is 8.76. The summed E-state index contributed by atoms with van der Waals surface area (Å²) < 4.78 is 4.99. The summed E-state index contributed by atoms with van der Waals surface area (Å²) in [7, 11) is 0. The second kappa shape index (κ2) is 14.8. The van der Waals surface area contributed by atoms with Gasteiger partial charge < -0.3 is 18.6 Å². The molecular formula is C64H48N6. The second-order valence-corrected chi connectivity index (χ2v) is 20.8. The highest BCUT2D eigenvalue weighted by Gasteiger charge is 2.30. The fourth-order valence-corrected chi connectivity index (χ4v) is 11.4. The zero-order valence-corrected chi connectivity index (χ0v) is 40.0. The van der Waals surface area contributed by atoms with E-state index in [0.717, 1.165) is 72.5 Å². The highest BCUT2D eigenvalue weighted by molar-refractivity contribution is 6.32. The number of nitrogens with zero attached hydrogens (tertiary/aromatic N) is 6. The van der Waals surface area contributed by atoms with Gasteiger partial charge >= 0.3 is 0 Å². The van der Waals surface area contributed by atoms with Crippen molar-refractivity contribution in [2.45, 2.75) is 52.4 Å². The maximum atomic E-state index is 10.5. The van der Waals surface area contributed by atoms with Gasteiger partial charge in [-0.2, -0.15) is 5.26 Å². The first kappa shape index (κ1) is 41.4. The Labute approximate surface area is 406 Å². The van der Waals surface area contributed by atoms with Gasteiger partial charge in [0.25, 0.3) is 0 Å². The first-order valence-electron chi connectivity index (χ1n) is 24.0. The molecule has 70 heavy (non-hydrogen) atoms. The monoisotopic (exact) mass is 900 g/mol. The molecule has 334 valence electrons. The van der Waals surface area contributed by atoms with Crippen molar-refractivity contribution in [3.8, 4) is 6.07 Å². The van der Waals surface area contributed by atoms with Gasteiger partial charge in [0, 0.05) is 54.5 Å². The minimum Gasteiger partial charge on any atom is -0.320 e. The Morgan fingerprint density at radius 1 is 0.429 bits per heavy atom. The van der Waals surface area contributed by atoms with E-state index in [9.17, 15) is 5.26 Å². The van der Waals surface area contributed by atoms with E-state index in [0.29, 0.717) is 11.3 Å². The van der Waals surface area contributed by atoms with Crippen LogP contribution in [0.5, 0.6) is 0 Å². The van der Waals surface area contributed by atoms with Crippen molar-refractivity contribution < 1.29 is 0 Å². The predicted molar refractivity (Wildman–Crippen MR) is 294 cm³/mol. The normalized spacial score (nSPS) is 12.4. The van der Waals surface area contributed by atoms with E-state index in [2.05, 4.69) is 205 Å². The number of fused-ring (bicyclic) bond motifs is 12. The number of aromatic nitrogens is 2. The van der Waals surface area contributed by atoms with Crippen molar-refractivity contribution in [3.05, 3.63) is 210 Å². The largest absolute Gasteiger partial charge is 0.320 e. The lowest BCUT2D eigenvalue weighted by Crippen LogP contribution is -2.12. The smallest absolute Gasteiger partial charge is 0.210 e. The Bertz CT molecular complexity index is 4060. The van der Waals surface area contributed by atoms with Crippen LogP contribution in [0.25, 0.3) is 81.0 Å². The molecule has 0 aliphatic heterocycles. The van der Waals surface area contributed by atoms with Crippen molar-refractivity contribution in [2.75, 3.05) is 9.80 Å². The van der Waals surface area contributed by atoms with Crippen LogP contribution in [0.4, 0.5) is 39.8 Å². The third kappa shape index (κ3) is 5.84. The lowest BCUT2D eigenvalue weighted by atomic mass is 9.86. The van der Waals surface area contributed by atoms with Crippen LogP contribution in [0.3, 0.4) is 0 Å². The molecule has 0 bridgehead atoms. The molecular weight excluding hydrogens is 853 g/mol. The summed E-state index contributed by atoms with van der Waals surface area (Å²) in [5.41, 5.74) is 16.2. The van der Waals surface area contributed by atoms with Crippen molar-refractivity contribution in [1.82, 2.24) is 8.80 Å². The summed E-state index contributed by atoms with van der Waals surface area (Å²) in [6.07, 6.45) is 0. The number of hydrogen-bond acceptors (Lipinski definition) is 3. The lowest BCUT2D eigenvalue weighted by Gasteiger charge is -2.27. The topological polar surface area (TPSA) is 43.5 Å². The van der Waals surface area contributed by atoms with Gasteiger partial charge in [-0.25, -0.2) is 4.85 Å². The Hall–Kier alpha value is -8.84. The third-order valence-corrected chi connectivity index (χ3v) is 14.7. The summed E-state index contributed by atoms with van der Waals surface area (Å²) in [6.45, 7) is 21.9. The number of benzene rings is 9. The van der Waals surface area contributed by atoms with Crippen LogP contribution in [0, 0.1) is 17.9 Å². The van der Waals surface area contributed by atoms with E-state index in [4.69, 9.17) is 6.57 Å². The SMILES string of the molecule is [C-]#[N+]c1ccccc1N(c1ccccc1)c1ccc2c3cc4c(cc3n3c5ccc(C(C)(C)C)cc5c1c23)c1ccc(N(c2ccccc2)c2ccccc2C#N)c2c3cc(C(C)(C)C)ccc3n4c12. The van der Waals surface area contributed by atoms with Crippen LogP contribution in [0.2, 0.25) is 0 Å². The van der Waals surface area contributed by atoms with E-state index in [1.165, 1.54) is 49.0 Å². The fourth-order valence-electron chi connectivity index (χ4n) is 11.4. The van der Waals surface area contributed by atoms with E-state index in [1.54, 1.807) is 0 Å². The molecule has 13 rings (SSSR count). The molecule has 0 aliphatic rings. The molecule has 4 heterocycles. The zero-order valence-electron chi connectivity index (χ0n) is 40.0. The molecule has 0 radical (unpaired) electrons. The molecule has 0 spiro atoms. The van der Waals surface area contributed by atoms with Gasteiger partial charge in [0.05, 0.1) is 68.0 Å².